The second kappa shape index (κ2) is 9.36. The van der Waals surface area contributed by atoms with Gasteiger partial charge in [-0.2, -0.15) is 4.98 Å². The van der Waals surface area contributed by atoms with E-state index < -0.39 is 0 Å². The SMILES string of the molecule is c1ccc(C2CCN(CCCc3ccc(Oc4nc5ccccc5o4)cc3)CC2)cc1. The molecule has 2 heterocycles. The Bertz CT molecular complexity index is 1060. The van der Waals surface area contributed by atoms with E-state index in [1.807, 2.05) is 36.4 Å². The van der Waals surface area contributed by atoms with Crippen LogP contribution in [0.5, 0.6) is 11.8 Å². The predicted molar refractivity (Wildman–Crippen MR) is 124 cm³/mol. The van der Waals surface area contributed by atoms with Crippen molar-refractivity contribution in [1.82, 2.24) is 9.88 Å². The monoisotopic (exact) mass is 412 g/mol. The zero-order valence-electron chi connectivity index (χ0n) is 17.7. The lowest BCUT2D eigenvalue weighted by Crippen LogP contribution is -2.33. The minimum Gasteiger partial charge on any atom is -0.411 e. The Morgan fingerprint density at radius 3 is 2.39 bits per heavy atom. The van der Waals surface area contributed by atoms with E-state index in [9.17, 15) is 0 Å². The number of para-hydroxylation sites is 2. The number of hydrogen-bond acceptors (Lipinski definition) is 4. The van der Waals surface area contributed by atoms with Crippen molar-refractivity contribution in [3.8, 4) is 11.8 Å². The van der Waals surface area contributed by atoms with Crippen LogP contribution in [-0.2, 0) is 6.42 Å². The van der Waals surface area contributed by atoms with Crippen molar-refractivity contribution in [2.75, 3.05) is 19.6 Å². The van der Waals surface area contributed by atoms with Crippen LogP contribution in [0.25, 0.3) is 11.1 Å². The second-order valence-corrected chi connectivity index (χ2v) is 8.32. The molecule has 31 heavy (non-hydrogen) atoms. The van der Waals surface area contributed by atoms with Gasteiger partial charge >= 0.3 is 6.08 Å². The molecule has 1 saturated heterocycles. The number of oxazole rings is 1. The first-order valence-electron chi connectivity index (χ1n) is 11.2. The molecule has 1 fully saturated rings. The van der Waals surface area contributed by atoms with Crippen molar-refractivity contribution in [3.05, 3.63) is 90.0 Å². The normalized spacial score (nSPS) is 15.4. The van der Waals surface area contributed by atoms with E-state index >= 15 is 0 Å². The van der Waals surface area contributed by atoms with Gasteiger partial charge in [-0.3, -0.25) is 0 Å². The fourth-order valence-electron chi connectivity index (χ4n) is 4.44. The van der Waals surface area contributed by atoms with Gasteiger partial charge < -0.3 is 14.1 Å². The summed E-state index contributed by atoms with van der Waals surface area (Å²) in [6, 6.07) is 26.9. The molecule has 3 aromatic carbocycles. The van der Waals surface area contributed by atoms with Gasteiger partial charge in [0.25, 0.3) is 0 Å². The minimum absolute atomic E-state index is 0.285. The Kier molecular flexibility index (Phi) is 5.99. The summed E-state index contributed by atoms with van der Waals surface area (Å²) in [5.74, 6) is 1.48. The summed E-state index contributed by atoms with van der Waals surface area (Å²) >= 11 is 0. The Balaban J connectivity index is 1.07. The van der Waals surface area contributed by atoms with Gasteiger partial charge in [-0.15, -0.1) is 0 Å². The summed E-state index contributed by atoms with van der Waals surface area (Å²) in [6.07, 6.45) is 5.09. The number of aryl methyl sites for hydroxylation is 1. The summed E-state index contributed by atoms with van der Waals surface area (Å²) in [4.78, 5) is 6.98. The number of ether oxygens (including phenoxy) is 1. The van der Waals surface area contributed by atoms with Crippen LogP contribution in [0.3, 0.4) is 0 Å². The molecule has 5 rings (SSSR count). The molecule has 1 aromatic heterocycles. The van der Waals surface area contributed by atoms with Crippen molar-refractivity contribution in [2.24, 2.45) is 0 Å². The van der Waals surface area contributed by atoms with Crippen LogP contribution in [-0.4, -0.2) is 29.5 Å². The Morgan fingerprint density at radius 1 is 0.871 bits per heavy atom. The van der Waals surface area contributed by atoms with Gasteiger partial charge in [0.05, 0.1) is 0 Å². The van der Waals surface area contributed by atoms with Crippen LogP contribution in [0, 0.1) is 0 Å². The smallest absolute Gasteiger partial charge is 0.400 e. The number of benzene rings is 3. The molecular weight excluding hydrogens is 384 g/mol. The lowest BCUT2D eigenvalue weighted by molar-refractivity contribution is 0.210. The van der Waals surface area contributed by atoms with Gasteiger partial charge in [0.2, 0.25) is 0 Å². The maximum atomic E-state index is 5.78. The number of fused-ring (bicyclic) bond motifs is 1. The van der Waals surface area contributed by atoms with Gasteiger partial charge in [-0.1, -0.05) is 54.6 Å². The van der Waals surface area contributed by atoms with Crippen LogP contribution in [0.2, 0.25) is 0 Å². The average molecular weight is 413 g/mol. The molecule has 4 aromatic rings. The summed E-state index contributed by atoms with van der Waals surface area (Å²) in [6.45, 7) is 3.58. The predicted octanol–water partition coefficient (Wildman–Crippen LogP) is 6.43. The summed E-state index contributed by atoms with van der Waals surface area (Å²) in [5, 5.41) is 0. The van der Waals surface area contributed by atoms with E-state index in [1.54, 1.807) is 0 Å². The molecule has 1 aliphatic rings. The fourth-order valence-corrected chi connectivity index (χ4v) is 4.44. The molecule has 0 saturated carbocycles. The van der Waals surface area contributed by atoms with Crippen LogP contribution in [0.15, 0.2) is 83.3 Å². The van der Waals surface area contributed by atoms with Gasteiger partial charge in [0.1, 0.15) is 11.3 Å². The molecule has 0 spiro atoms. The first kappa shape index (κ1) is 19.8. The summed E-state index contributed by atoms with van der Waals surface area (Å²) < 4.78 is 11.4. The van der Waals surface area contributed by atoms with E-state index in [0.29, 0.717) is 0 Å². The van der Waals surface area contributed by atoms with Crippen molar-refractivity contribution in [3.63, 3.8) is 0 Å². The van der Waals surface area contributed by atoms with E-state index in [4.69, 9.17) is 9.15 Å². The second-order valence-electron chi connectivity index (χ2n) is 8.32. The summed E-state index contributed by atoms with van der Waals surface area (Å²) in [5.41, 5.74) is 4.38. The third-order valence-corrected chi connectivity index (χ3v) is 6.20. The maximum Gasteiger partial charge on any atom is 0.400 e. The number of aromatic nitrogens is 1. The number of piperidine rings is 1. The molecule has 4 heteroatoms. The van der Waals surface area contributed by atoms with Gasteiger partial charge in [-0.25, -0.2) is 0 Å². The zero-order chi connectivity index (χ0) is 20.9. The molecule has 0 bridgehead atoms. The molecule has 0 atom stereocenters. The average Bonchev–Trinajstić information content (AvgIpc) is 3.24. The first-order chi connectivity index (χ1) is 15.3. The number of hydrogen-bond donors (Lipinski definition) is 0. The van der Waals surface area contributed by atoms with Crippen molar-refractivity contribution < 1.29 is 9.15 Å². The van der Waals surface area contributed by atoms with E-state index in [2.05, 4.69) is 52.3 Å². The highest BCUT2D eigenvalue weighted by atomic mass is 16.6. The number of likely N-dealkylation sites (tertiary alicyclic amines) is 1. The van der Waals surface area contributed by atoms with E-state index in [1.165, 1.54) is 50.0 Å². The first-order valence-corrected chi connectivity index (χ1v) is 11.2. The van der Waals surface area contributed by atoms with Crippen LogP contribution < -0.4 is 4.74 Å². The van der Waals surface area contributed by atoms with Crippen LogP contribution >= 0.6 is 0 Å². The molecule has 0 aliphatic carbocycles. The maximum absolute atomic E-state index is 5.78. The van der Waals surface area contributed by atoms with Gasteiger partial charge in [0.15, 0.2) is 5.58 Å². The standard InChI is InChI=1S/C27H28N2O2/c1-2-8-22(9-3-1)23-16-19-29(20-17-23)18-6-7-21-12-14-24(15-13-21)30-27-28-25-10-4-5-11-26(25)31-27/h1-5,8-15,23H,6-7,16-20H2. The highest BCUT2D eigenvalue weighted by molar-refractivity contribution is 5.72. The van der Waals surface area contributed by atoms with Crippen LogP contribution in [0.4, 0.5) is 0 Å². The number of rotatable bonds is 7. The van der Waals surface area contributed by atoms with E-state index in [0.717, 1.165) is 29.2 Å². The Hall–Kier alpha value is -3.11. The highest BCUT2D eigenvalue weighted by Crippen LogP contribution is 2.28. The molecule has 4 nitrogen and oxygen atoms in total. The molecule has 1 aliphatic heterocycles. The molecule has 0 radical (unpaired) electrons. The zero-order valence-corrected chi connectivity index (χ0v) is 17.7. The lowest BCUT2D eigenvalue weighted by atomic mass is 9.89. The third kappa shape index (κ3) is 4.97. The topological polar surface area (TPSA) is 38.5 Å². The van der Waals surface area contributed by atoms with Crippen LogP contribution in [0.1, 0.15) is 36.3 Å². The molecule has 0 unspecified atom stereocenters. The van der Waals surface area contributed by atoms with Gasteiger partial charge in [-0.05, 0) is 86.6 Å². The van der Waals surface area contributed by atoms with Gasteiger partial charge in [0, 0.05) is 0 Å². The molecule has 0 amide bonds. The van der Waals surface area contributed by atoms with E-state index in [-0.39, 0.29) is 6.08 Å². The molecule has 158 valence electrons. The summed E-state index contributed by atoms with van der Waals surface area (Å²) in [7, 11) is 0. The molecule has 0 N–H and O–H groups in total. The fraction of sp³-hybridized carbons (Fsp3) is 0.296. The van der Waals surface area contributed by atoms with Crippen molar-refractivity contribution in [1.29, 1.82) is 0 Å². The third-order valence-electron chi connectivity index (χ3n) is 6.20. The molecular formula is C27H28N2O2. The lowest BCUT2D eigenvalue weighted by Gasteiger charge is -2.32. The van der Waals surface area contributed by atoms with Crippen molar-refractivity contribution >= 4 is 11.1 Å². The minimum atomic E-state index is 0.285. The quantitative estimate of drug-likeness (QED) is 0.350. The number of nitrogens with zero attached hydrogens (tertiary/aromatic N) is 2. The largest absolute Gasteiger partial charge is 0.411 e. The highest BCUT2D eigenvalue weighted by Gasteiger charge is 2.19. The Morgan fingerprint density at radius 2 is 1.61 bits per heavy atom. The van der Waals surface area contributed by atoms with Crippen molar-refractivity contribution in [2.45, 2.75) is 31.6 Å². The Labute approximate surface area is 183 Å².